The molecule has 35 heavy (non-hydrogen) atoms. The van der Waals surface area contributed by atoms with Gasteiger partial charge in [0.2, 0.25) is 0 Å². The molecular formula is C27H27N7O. The minimum Gasteiger partial charge on any atom is -0.374 e. The van der Waals surface area contributed by atoms with E-state index in [4.69, 9.17) is 4.98 Å². The number of nitrogens with zero attached hydrogens (tertiary/aromatic N) is 4. The fourth-order valence-electron chi connectivity index (χ4n) is 4.90. The first-order chi connectivity index (χ1) is 17.2. The highest BCUT2D eigenvalue weighted by Gasteiger charge is 2.21. The fourth-order valence-corrected chi connectivity index (χ4v) is 4.90. The molecular weight excluding hydrogens is 438 g/mol. The smallest absolute Gasteiger partial charge is 0.261 e. The van der Waals surface area contributed by atoms with Gasteiger partial charge in [-0.25, -0.2) is 15.0 Å². The molecule has 6 rings (SSSR count). The Morgan fingerprint density at radius 3 is 2.57 bits per heavy atom. The maximum atomic E-state index is 13.4. The van der Waals surface area contributed by atoms with Gasteiger partial charge >= 0.3 is 0 Å². The summed E-state index contributed by atoms with van der Waals surface area (Å²) >= 11 is 0. The number of rotatable bonds is 5. The number of piperidine rings is 1. The third-order valence-electron chi connectivity index (χ3n) is 6.68. The fraction of sp³-hybridized carbons (Fsp3) is 0.259. The summed E-state index contributed by atoms with van der Waals surface area (Å²) < 4.78 is 0. The maximum absolute atomic E-state index is 13.4. The van der Waals surface area contributed by atoms with Crippen molar-refractivity contribution in [1.82, 2.24) is 24.9 Å². The van der Waals surface area contributed by atoms with Crippen molar-refractivity contribution < 1.29 is 0 Å². The number of hydrogen-bond donors (Lipinski definition) is 3. The van der Waals surface area contributed by atoms with Gasteiger partial charge in [0, 0.05) is 36.6 Å². The molecule has 1 atom stereocenters. The Kier molecular flexibility index (Phi) is 5.41. The van der Waals surface area contributed by atoms with E-state index in [0.29, 0.717) is 22.9 Å². The number of imidazole rings is 1. The Morgan fingerprint density at radius 1 is 0.943 bits per heavy atom. The second-order valence-electron chi connectivity index (χ2n) is 9.06. The van der Waals surface area contributed by atoms with E-state index < -0.39 is 0 Å². The molecule has 8 nitrogen and oxygen atoms in total. The highest BCUT2D eigenvalue weighted by molar-refractivity contribution is 5.99. The van der Waals surface area contributed by atoms with Crippen LogP contribution in [0.5, 0.6) is 0 Å². The first kappa shape index (κ1) is 21.3. The number of pyridine rings is 1. The second-order valence-corrected chi connectivity index (χ2v) is 9.06. The van der Waals surface area contributed by atoms with Crippen molar-refractivity contribution in [1.29, 1.82) is 0 Å². The largest absolute Gasteiger partial charge is 0.374 e. The van der Waals surface area contributed by atoms with E-state index >= 15 is 0 Å². The van der Waals surface area contributed by atoms with Crippen molar-refractivity contribution in [3.05, 3.63) is 77.1 Å². The van der Waals surface area contributed by atoms with Crippen LogP contribution in [0.3, 0.4) is 0 Å². The molecule has 0 radical (unpaired) electrons. The summed E-state index contributed by atoms with van der Waals surface area (Å²) in [4.78, 5) is 35.8. The molecule has 176 valence electrons. The monoisotopic (exact) mass is 465 g/mol. The van der Waals surface area contributed by atoms with Gasteiger partial charge in [-0.05, 0) is 56.5 Å². The summed E-state index contributed by atoms with van der Waals surface area (Å²) in [6, 6.07) is 15.6. The number of fused-ring (bicyclic) bond motifs is 2. The maximum Gasteiger partial charge on any atom is 0.261 e. The first-order valence-electron chi connectivity index (χ1n) is 12.1. The number of benzene rings is 2. The minimum atomic E-state index is -0.213. The third kappa shape index (κ3) is 4.01. The molecule has 0 saturated carbocycles. The number of hydrogen-bond acceptors (Lipinski definition) is 6. The van der Waals surface area contributed by atoms with E-state index in [1.165, 1.54) is 24.9 Å². The molecule has 0 bridgehead atoms. The van der Waals surface area contributed by atoms with Crippen LogP contribution in [0.1, 0.15) is 38.1 Å². The average molecular weight is 466 g/mol. The molecule has 8 heteroatoms. The first-order valence-corrected chi connectivity index (χ1v) is 12.1. The summed E-state index contributed by atoms with van der Waals surface area (Å²) in [5, 5.41) is 4.41. The zero-order valence-electron chi connectivity index (χ0n) is 19.6. The van der Waals surface area contributed by atoms with Crippen molar-refractivity contribution in [3.63, 3.8) is 0 Å². The topological polar surface area (TPSA) is 103 Å². The number of aromatic nitrogens is 5. The van der Waals surface area contributed by atoms with E-state index in [9.17, 15) is 4.79 Å². The number of nitrogens with one attached hydrogen (secondary N) is 3. The van der Waals surface area contributed by atoms with Crippen molar-refractivity contribution in [2.75, 3.05) is 23.3 Å². The molecule has 1 aliphatic rings. The summed E-state index contributed by atoms with van der Waals surface area (Å²) in [5.74, 6) is 1.19. The Hall–Kier alpha value is -4.20. The van der Waals surface area contributed by atoms with Gasteiger partial charge in [0.1, 0.15) is 17.2 Å². The van der Waals surface area contributed by atoms with E-state index in [0.717, 1.165) is 35.0 Å². The molecule has 5 aromatic rings. The minimum absolute atomic E-state index is 0.206. The molecule has 1 aliphatic heterocycles. The van der Waals surface area contributed by atoms with Gasteiger partial charge in [-0.2, -0.15) is 0 Å². The molecule has 0 amide bonds. The average Bonchev–Trinajstić information content (AvgIpc) is 3.32. The summed E-state index contributed by atoms with van der Waals surface area (Å²) in [6.45, 7) is 4.13. The molecule has 0 spiro atoms. The Morgan fingerprint density at radius 2 is 1.74 bits per heavy atom. The van der Waals surface area contributed by atoms with Crippen LogP contribution in [0.2, 0.25) is 0 Å². The van der Waals surface area contributed by atoms with Crippen LogP contribution in [0.25, 0.3) is 33.3 Å². The van der Waals surface area contributed by atoms with Crippen molar-refractivity contribution in [2.24, 2.45) is 0 Å². The van der Waals surface area contributed by atoms with E-state index in [2.05, 4.69) is 42.3 Å². The Bertz CT molecular complexity index is 1550. The van der Waals surface area contributed by atoms with E-state index in [1.807, 2.05) is 37.3 Å². The van der Waals surface area contributed by atoms with Crippen LogP contribution in [-0.4, -0.2) is 38.0 Å². The molecule has 1 fully saturated rings. The van der Waals surface area contributed by atoms with Crippen LogP contribution < -0.4 is 15.8 Å². The molecule has 1 saturated heterocycles. The predicted octanol–water partition coefficient (Wildman–Crippen LogP) is 5.02. The lowest BCUT2D eigenvalue weighted by Gasteiger charge is -2.28. The van der Waals surface area contributed by atoms with Gasteiger partial charge < -0.3 is 20.2 Å². The molecule has 3 N–H and O–H groups in total. The molecule has 4 heterocycles. The predicted molar refractivity (Wildman–Crippen MR) is 140 cm³/mol. The number of para-hydroxylation sites is 1. The van der Waals surface area contributed by atoms with Gasteiger partial charge in [-0.3, -0.25) is 4.79 Å². The zero-order valence-corrected chi connectivity index (χ0v) is 19.6. The zero-order chi connectivity index (χ0) is 23.8. The van der Waals surface area contributed by atoms with Crippen molar-refractivity contribution in [3.8, 4) is 11.4 Å². The van der Waals surface area contributed by atoms with Gasteiger partial charge in [-0.15, -0.1) is 0 Å². The van der Waals surface area contributed by atoms with E-state index in [1.54, 1.807) is 18.5 Å². The summed E-state index contributed by atoms with van der Waals surface area (Å²) in [7, 11) is 0. The van der Waals surface area contributed by atoms with Crippen LogP contribution >= 0.6 is 0 Å². The molecule has 2 aromatic carbocycles. The standard InChI is InChI=1S/C27H27N7O/c1-17(25-28-12-7-13-29-25)30-24-19-8-3-4-9-20(19)33-27(35)23(24)26-31-21-11-10-18(16-22(21)32-26)34-14-5-2-6-15-34/h3-4,7-13,16-17H,2,5-6,14-15H2,1H3,(H,31,32)(H2,30,33,35)/t17-/m1/s1. The Balaban J connectivity index is 1.47. The van der Waals surface area contributed by atoms with Gasteiger partial charge in [-0.1, -0.05) is 18.2 Å². The normalized spacial score (nSPS) is 14.9. The SMILES string of the molecule is C[C@@H](Nc1c(-c2nc3ccc(N4CCCCC4)cc3[nH]2)c(=O)[nH]c2ccccc12)c1ncccn1. The van der Waals surface area contributed by atoms with Crippen LogP contribution in [0.4, 0.5) is 11.4 Å². The molecule has 0 unspecified atom stereocenters. The quantitative estimate of drug-likeness (QED) is 0.337. The number of anilines is 2. The third-order valence-corrected chi connectivity index (χ3v) is 6.68. The van der Waals surface area contributed by atoms with Crippen LogP contribution in [0, 0.1) is 0 Å². The summed E-state index contributed by atoms with van der Waals surface area (Å²) in [5.41, 5.74) is 4.67. The van der Waals surface area contributed by atoms with Gasteiger partial charge in [0.25, 0.3) is 5.56 Å². The van der Waals surface area contributed by atoms with Crippen molar-refractivity contribution in [2.45, 2.75) is 32.2 Å². The summed E-state index contributed by atoms with van der Waals surface area (Å²) in [6.07, 6.45) is 7.17. The molecule has 0 aliphatic carbocycles. The highest BCUT2D eigenvalue weighted by atomic mass is 16.1. The lowest BCUT2D eigenvalue weighted by atomic mass is 10.1. The highest BCUT2D eigenvalue weighted by Crippen LogP contribution is 2.33. The van der Waals surface area contributed by atoms with Gasteiger partial charge in [0.15, 0.2) is 0 Å². The van der Waals surface area contributed by atoms with Crippen LogP contribution in [-0.2, 0) is 0 Å². The molecule has 3 aromatic heterocycles. The number of aromatic amines is 2. The van der Waals surface area contributed by atoms with Gasteiger partial charge in [0.05, 0.1) is 28.3 Å². The lowest BCUT2D eigenvalue weighted by Crippen LogP contribution is -2.29. The van der Waals surface area contributed by atoms with Crippen LogP contribution in [0.15, 0.2) is 65.7 Å². The van der Waals surface area contributed by atoms with Crippen molar-refractivity contribution >= 4 is 33.3 Å². The second kappa shape index (κ2) is 8.87. The van der Waals surface area contributed by atoms with E-state index in [-0.39, 0.29) is 11.6 Å². The lowest BCUT2D eigenvalue weighted by molar-refractivity contribution is 0.578. The number of H-pyrrole nitrogens is 2. The Labute approximate surface area is 202 Å².